The summed E-state index contributed by atoms with van der Waals surface area (Å²) in [5.74, 6) is 1.63. The van der Waals surface area contributed by atoms with E-state index >= 15 is 0 Å². The molecule has 0 saturated carbocycles. The van der Waals surface area contributed by atoms with E-state index in [-0.39, 0.29) is 11.5 Å². The number of nitrogens with one attached hydrogen (secondary N) is 1. The number of hydrogen-bond acceptors (Lipinski definition) is 4. The molecule has 0 saturated heterocycles. The van der Waals surface area contributed by atoms with Crippen molar-refractivity contribution in [2.24, 2.45) is 0 Å². The van der Waals surface area contributed by atoms with Crippen LogP contribution in [0, 0.1) is 13.8 Å². The van der Waals surface area contributed by atoms with Crippen LogP contribution in [0.15, 0.2) is 30.6 Å². The molecule has 0 aliphatic heterocycles. The first-order valence-corrected chi connectivity index (χ1v) is 8.00. The van der Waals surface area contributed by atoms with Crippen LogP contribution in [0.5, 0.6) is 0 Å². The molecule has 0 spiro atoms. The number of aromatic nitrogens is 4. The second kappa shape index (κ2) is 4.78. The van der Waals surface area contributed by atoms with Gasteiger partial charge in [-0.25, -0.2) is 4.98 Å². The molecule has 118 valence electrons. The van der Waals surface area contributed by atoms with Crippen molar-refractivity contribution >= 4 is 11.6 Å². The third kappa shape index (κ3) is 2.11. The molecule has 4 rings (SSSR count). The third-order valence-electron chi connectivity index (χ3n) is 5.00. The Morgan fingerprint density at radius 3 is 2.83 bits per heavy atom. The van der Waals surface area contributed by atoms with Crippen molar-refractivity contribution in [1.29, 1.82) is 0 Å². The number of anilines is 1. The van der Waals surface area contributed by atoms with Gasteiger partial charge in [-0.1, -0.05) is 38.1 Å². The van der Waals surface area contributed by atoms with Crippen LogP contribution in [0.1, 0.15) is 48.7 Å². The SMILES string of the molecule is Cc1nc2ncnn2c(NC2CC(C)(C)c3ccccc32)c1C. The van der Waals surface area contributed by atoms with Crippen LogP contribution in [0.2, 0.25) is 0 Å². The Morgan fingerprint density at radius 1 is 1.22 bits per heavy atom. The van der Waals surface area contributed by atoms with Crippen molar-refractivity contribution in [1.82, 2.24) is 19.6 Å². The lowest BCUT2D eigenvalue weighted by atomic mass is 9.86. The van der Waals surface area contributed by atoms with Crippen LogP contribution in [0.3, 0.4) is 0 Å². The zero-order valence-corrected chi connectivity index (χ0v) is 14.0. The minimum atomic E-state index is 0.172. The quantitative estimate of drug-likeness (QED) is 0.786. The fourth-order valence-electron chi connectivity index (χ4n) is 3.64. The molecule has 1 aliphatic rings. The Bertz CT molecular complexity index is 894. The molecule has 5 nitrogen and oxygen atoms in total. The van der Waals surface area contributed by atoms with Crippen molar-refractivity contribution in [3.8, 4) is 0 Å². The topological polar surface area (TPSA) is 55.1 Å². The van der Waals surface area contributed by atoms with Gasteiger partial charge in [0.1, 0.15) is 12.1 Å². The molecule has 2 aromatic heterocycles. The molecule has 5 heteroatoms. The zero-order valence-electron chi connectivity index (χ0n) is 14.0. The fourth-order valence-corrected chi connectivity index (χ4v) is 3.64. The third-order valence-corrected chi connectivity index (χ3v) is 5.00. The highest BCUT2D eigenvalue weighted by Gasteiger charge is 2.36. The van der Waals surface area contributed by atoms with Crippen molar-refractivity contribution in [3.05, 3.63) is 53.0 Å². The molecule has 1 aliphatic carbocycles. The molecule has 1 aromatic carbocycles. The van der Waals surface area contributed by atoms with Crippen molar-refractivity contribution < 1.29 is 0 Å². The van der Waals surface area contributed by atoms with Gasteiger partial charge in [-0.3, -0.25) is 0 Å². The maximum absolute atomic E-state index is 4.49. The van der Waals surface area contributed by atoms with Gasteiger partial charge < -0.3 is 5.32 Å². The first-order valence-electron chi connectivity index (χ1n) is 8.00. The molecular formula is C18H21N5. The first-order chi connectivity index (χ1) is 11.0. The van der Waals surface area contributed by atoms with Gasteiger partial charge in [-0.15, -0.1) is 0 Å². The summed E-state index contributed by atoms with van der Waals surface area (Å²) in [6, 6.07) is 8.98. The summed E-state index contributed by atoms with van der Waals surface area (Å²) in [5.41, 5.74) is 5.07. The maximum Gasteiger partial charge on any atom is 0.254 e. The number of aryl methyl sites for hydroxylation is 1. The van der Waals surface area contributed by atoms with Crippen molar-refractivity contribution in [2.75, 3.05) is 5.32 Å². The van der Waals surface area contributed by atoms with Gasteiger partial charge in [0, 0.05) is 11.3 Å². The van der Waals surface area contributed by atoms with Gasteiger partial charge in [0.25, 0.3) is 5.78 Å². The molecule has 1 unspecified atom stereocenters. The Hall–Kier alpha value is -2.43. The molecule has 0 radical (unpaired) electrons. The number of nitrogens with zero attached hydrogens (tertiary/aromatic N) is 4. The molecule has 23 heavy (non-hydrogen) atoms. The van der Waals surface area contributed by atoms with Gasteiger partial charge in [0.2, 0.25) is 0 Å². The molecule has 0 amide bonds. The van der Waals surface area contributed by atoms with Crippen LogP contribution in [0.4, 0.5) is 5.82 Å². The highest BCUT2D eigenvalue weighted by Crippen LogP contribution is 2.45. The molecule has 0 bridgehead atoms. The smallest absolute Gasteiger partial charge is 0.254 e. The van der Waals surface area contributed by atoms with Crippen LogP contribution >= 0.6 is 0 Å². The van der Waals surface area contributed by atoms with E-state index in [0.29, 0.717) is 5.78 Å². The predicted molar refractivity (Wildman–Crippen MR) is 90.7 cm³/mol. The summed E-state index contributed by atoms with van der Waals surface area (Å²) in [5, 5.41) is 8.05. The van der Waals surface area contributed by atoms with Gasteiger partial charge >= 0.3 is 0 Å². The minimum absolute atomic E-state index is 0.172. The van der Waals surface area contributed by atoms with Crippen LogP contribution < -0.4 is 5.32 Å². The number of benzene rings is 1. The van der Waals surface area contributed by atoms with Crippen LogP contribution in [-0.4, -0.2) is 19.6 Å². The number of rotatable bonds is 2. The second-order valence-electron chi connectivity index (χ2n) is 7.01. The van der Waals surface area contributed by atoms with Gasteiger partial charge in [-0.2, -0.15) is 14.6 Å². The lowest BCUT2D eigenvalue weighted by molar-refractivity contribution is 0.492. The fraction of sp³-hybridized carbons (Fsp3) is 0.389. The van der Waals surface area contributed by atoms with Gasteiger partial charge in [0.15, 0.2) is 0 Å². The summed E-state index contributed by atoms with van der Waals surface area (Å²) in [6.07, 6.45) is 2.61. The standard InChI is InChI=1S/C18H21N5/c1-11-12(2)21-17-19-10-20-23(17)16(11)22-15-9-18(3,4)14-8-6-5-7-13(14)15/h5-8,10,15,22H,9H2,1-4H3. The highest BCUT2D eigenvalue weighted by molar-refractivity contribution is 5.55. The van der Waals surface area contributed by atoms with Crippen LogP contribution in [-0.2, 0) is 5.41 Å². The number of fused-ring (bicyclic) bond motifs is 2. The average Bonchev–Trinajstić information content (AvgIpc) is 3.07. The molecule has 1 atom stereocenters. The lowest BCUT2D eigenvalue weighted by Gasteiger charge is -2.21. The molecule has 2 heterocycles. The Morgan fingerprint density at radius 2 is 2.00 bits per heavy atom. The van der Waals surface area contributed by atoms with Gasteiger partial charge in [0.05, 0.1) is 6.04 Å². The maximum atomic E-state index is 4.49. The van der Waals surface area contributed by atoms with E-state index in [9.17, 15) is 0 Å². The van der Waals surface area contributed by atoms with Crippen molar-refractivity contribution in [3.63, 3.8) is 0 Å². The van der Waals surface area contributed by atoms with Gasteiger partial charge in [-0.05, 0) is 36.8 Å². The monoisotopic (exact) mass is 307 g/mol. The summed E-state index contributed by atoms with van der Waals surface area (Å²) < 4.78 is 1.80. The highest BCUT2D eigenvalue weighted by atomic mass is 15.4. The van der Waals surface area contributed by atoms with Crippen molar-refractivity contribution in [2.45, 2.75) is 45.6 Å². The van der Waals surface area contributed by atoms with E-state index in [2.05, 4.69) is 65.4 Å². The average molecular weight is 307 g/mol. The summed E-state index contributed by atoms with van der Waals surface area (Å²) in [7, 11) is 0. The van der Waals surface area contributed by atoms with E-state index in [1.807, 2.05) is 6.92 Å². The van der Waals surface area contributed by atoms with E-state index in [1.54, 1.807) is 10.8 Å². The Labute approximate surface area is 135 Å². The Kier molecular flexibility index (Phi) is 2.95. The first kappa shape index (κ1) is 14.2. The molecule has 1 N–H and O–H groups in total. The zero-order chi connectivity index (χ0) is 16.2. The second-order valence-corrected chi connectivity index (χ2v) is 7.01. The van der Waals surface area contributed by atoms with Crippen LogP contribution in [0.25, 0.3) is 5.78 Å². The summed E-state index contributed by atoms with van der Waals surface area (Å²) in [6.45, 7) is 8.71. The minimum Gasteiger partial charge on any atom is -0.363 e. The number of hydrogen-bond donors (Lipinski definition) is 1. The molecule has 0 fully saturated rings. The van der Waals surface area contributed by atoms with E-state index < -0.39 is 0 Å². The van der Waals surface area contributed by atoms with E-state index in [1.165, 1.54) is 11.1 Å². The lowest BCUT2D eigenvalue weighted by Crippen LogP contribution is -2.17. The summed E-state index contributed by atoms with van der Waals surface area (Å²) >= 11 is 0. The largest absolute Gasteiger partial charge is 0.363 e. The Balaban J connectivity index is 1.81. The summed E-state index contributed by atoms with van der Waals surface area (Å²) in [4.78, 5) is 8.72. The molecular weight excluding hydrogens is 286 g/mol. The van der Waals surface area contributed by atoms with E-state index in [0.717, 1.165) is 23.5 Å². The molecule has 3 aromatic rings. The normalized spacial score (nSPS) is 19.0. The van der Waals surface area contributed by atoms with E-state index in [4.69, 9.17) is 0 Å². The predicted octanol–water partition coefficient (Wildman–Crippen LogP) is 3.58.